The molecule has 7 nitrogen and oxygen atoms in total. The van der Waals surface area contributed by atoms with E-state index in [1.165, 1.54) is 0 Å². The van der Waals surface area contributed by atoms with E-state index in [1.54, 1.807) is 17.7 Å². The van der Waals surface area contributed by atoms with Crippen LogP contribution >= 0.6 is 0 Å². The first-order valence-corrected chi connectivity index (χ1v) is 8.45. The normalized spacial score (nSPS) is 20.5. The molecule has 0 spiro atoms. The lowest BCUT2D eigenvalue weighted by atomic mass is 10.2. The van der Waals surface area contributed by atoms with Crippen LogP contribution in [0.4, 0.5) is 5.95 Å². The average Bonchev–Trinajstić information content (AvgIpc) is 3.19. The number of hydrogen-bond acceptors (Lipinski definition) is 5. The van der Waals surface area contributed by atoms with Gasteiger partial charge in [0.1, 0.15) is 22.6 Å². The number of rotatable bonds is 2. The number of aromatic nitrogens is 3. The summed E-state index contributed by atoms with van der Waals surface area (Å²) in [6.07, 6.45) is 3.71. The minimum Gasteiger partial charge on any atom is -0.494 e. The first kappa shape index (κ1) is 15.7. The number of para-hydroxylation sites is 1. The molecule has 1 aliphatic rings. The SMILES string of the molecule is COc1cccc2c1nc(N)n1cc(C(=O)N3C(C)CCC3C)nc21. The Morgan fingerprint density at radius 1 is 1.24 bits per heavy atom. The maximum Gasteiger partial charge on any atom is 0.274 e. The Balaban J connectivity index is 1.89. The summed E-state index contributed by atoms with van der Waals surface area (Å²) in [7, 11) is 1.59. The van der Waals surface area contributed by atoms with Gasteiger partial charge in [-0.2, -0.15) is 0 Å². The number of methoxy groups -OCH3 is 1. The molecule has 25 heavy (non-hydrogen) atoms. The van der Waals surface area contributed by atoms with Crippen molar-refractivity contribution in [2.75, 3.05) is 12.8 Å². The van der Waals surface area contributed by atoms with Gasteiger partial charge in [-0.05, 0) is 38.8 Å². The van der Waals surface area contributed by atoms with Crippen molar-refractivity contribution < 1.29 is 9.53 Å². The molecule has 4 rings (SSSR count). The van der Waals surface area contributed by atoms with Crippen LogP contribution in [0.1, 0.15) is 37.2 Å². The topological polar surface area (TPSA) is 85.8 Å². The van der Waals surface area contributed by atoms with Gasteiger partial charge in [-0.15, -0.1) is 0 Å². The first-order valence-electron chi connectivity index (χ1n) is 8.45. The van der Waals surface area contributed by atoms with Crippen LogP contribution < -0.4 is 10.5 Å². The van der Waals surface area contributed by atoms with E-state index < -0.39 is 0 Å². The molecule has 2 N–H and O–H groups in total. The number of amides is 1. The van der Waals surface area contributed by atoms with Crippen LogP contribution in [-0.4, -0.2) is 44.4 Å². The van der Waals surface area contributed by atoms with Crippen LogP contribution in [0, 0.1) is 0 Å². The van der Waals surface area contributed by atoms with Gasteiger partial charge in [-0.3, -0.25) is 9.20 Å². The minimum atomic E-state index is -0.0587. The van der Waals surface area contributed by atoms with Crippen LogP contribution in [0.3, 0.4) is 0 Å². The zero-order valence-corrected chi connectivity index (χ0v) is 14.6. The highest BCUT2D eigenvalue weighted by Crippen LogP contribution is 2.29. The largest absolute Gasteiger partial charge is 0.494 e. The van der Waals surface area contributed by atoms with Crippen molar-refractivity contribution in [3.8, 4) is 5.75 Å². The molecule has 0 radical (unpaired) electrons. The Morgan fingerprint density at radius 3 is 2.64 bits per heavy atom. The van der Waals surface area contributed by atoms with Crippen molar-refractivity contribution in [2.45, 2.75) is 38.8 Å². The fourth-order valence-electron chi connectivity index (χ4n) is 3.73. The Kier molecular flexibility index (Phi) is 3.52. The smallest absolute Gasteiger partial charge is 0.274 e. The Hall–Kier alpha value is -2.83. The summed E-state index contributed by atoms with van der Waals surface area (Å²) < 4.78 is 7.03. The van der Waals surface area contributed by atoms with Crippen LogP contribution in [0.15, 0.2) is 24.4 Å². The third kappa shape index (κ3) is 2.30. The van der Waals surface area contributed by atoms with Crippen LogP contribution in [0.25, 0.3) is 16.6 Å². The number of carbonyl (C=O) groups excluding carboxylic acids is 1. The second-order valence-electron chi connectivity index (χ2n) is 6.63. The van der Waals surface area contributed by atoms with Gasteiger partial charge in [0.05, 0.1) is 7.11 Å². The fraction of sp³-hybridized carbons (Fsp3) is 0.389. The molecule has 0 saturated carbocycles. The molecular weight excluding hydrogens is 318 g/mol. The van der Waals surface area contributed by atoms with E-state index in [2.05, 4.69) is 23.8 Å². The zero-order valence-electron chi connectivity index (χ0n) is 14.6. The highest BCUT2D eigenvalue weighted by molar-refractivity contribution is 5.99. The molecule has 2 aromatic heterocycles. The molecule has 1 saturated heterocycles. The number of anilines is 1. The standard InChI is InChI=1S/C18H21N5O2/c1-10-7-8-11(2)23(10)17(24)13-9-22-16(20-13)12-5-4-6-14(25-3)15(12)21-18(22)19/h4-6,9-11H,7-8H2,1-3H3,(H2,19,21). The van der Waals surface area contributed by atoms with Gasteiger partial charge in [0.15, 0.2) is 0 Å². The molecule has 3 heterocycles. The quantitative estimate of drug-likeness (QED) is 0.775. The highest BCUT2D eigenvalue weighted by Gasteiger charge is 2.33. The Bertz CT molecular complexity index is 970. The number of carbonyl (C=O) groups is 1. The number of hydrogen-bond donors (Lipinski definition) is 1. The van der Waals surface area contributed by atoms with Gasteiger partial charge in [-0.25, -0.2) is 9.97 Å². The fourth-order valence-corrected chi connectivity index (χ4v) is 3.73. The molecule has 0 bridgehead atoms. The summed E-state index contributed by atoms with van der Waals surface area (Å²) in [5, 5.41) is 0.801. The van der Waals surface area contributed by atoms with Crippen LogP contribution in [0.5, 0.6) is 5.75 Å². The second kappa shape index (κ2) is 5.61. The lowest BCUT2D eigenvalue weighted by Crippen LogP contribution is -2.38. The summed E-state index contributed by atoms with van der Waals surface area (Å²) in [5.74, 6) is 0.849. The third-order valence-electron chi connectivity index (χ3n) is 5.04. The Morgan fingerprint density at radius 2 is 1.96 bits per heavy atom. The van der Waals surface area contributed by atoms with E-state index in [0.29, 0.717) is 22.6 Å². The third-order valence-corrected chi connectivity index (χ3v) is 5.04. The molecule has 1 aliphatic heterocycles. The molecule has 1 amide bonds. The maximum atomic E-state index is 13.0. The van der Waals surface area contributed by atoms with Crippen LogP contribution in [0.2, 0.25) is 0 Å². The lowest BCUT2D eigenvalue weighted by Gasteiger charge is -2.25. The summed E-state index contributed by atoms with van der Waals surface area (Å²) in [6.45, 7) is 4.15. The number of nitrogens with zero attached hydrogens (tertiary/aromatic N) is 4. The predicted octanol–water partition coefficient (Wildman–Crippen LogP) is 2.49. The molecule has 0 aliphatic carbocycles. The van der Waals surface area contributed by atoms with Crippen molar-refractivity contribution in [3.63, 3.8) is 0 Å². The summed E-state index contributed by atoms with van der Waals surface area (Å²) in [5.41, 5.74) is 7.75. The molecule has 2 atom stereocenters. The van der Waals surface area contributed by atoms with E-state index >= 15 is 0 Å². The number of imidazole rings is 1. The lowest BCUT2D eigenvalue weighted by molar-refractivity contribution is 0.0687. The number of likely N-dealkylation sites (tertiary alicyclic amines) is 1. The zero-order chi connectivity index (χ0) is 17.7. The van der Waals surface area contributed by atoms with Crippen molar-refractivity contribution in [1.29, 1.82) is 0 Å². The van der Waals surface area contributed by atoms with E-state index in [4.69, 9.17) is 10.5 Å². The average molecular weight is 339 g/mol. The first-order chi connectivity index (χ1) is 12.0. The number of fused-ring (bicyclic) bond motifs is 3. The molecule has 7 heteroatoms. The van der Waals surface area contributed by atoms with E-state index in [0.717, 1.165) is 18.2 Å². The van der Waals surface area contributed by atoms with E-state index in [-0.39, 0.29) is 23.9 Å². The summed E-state index contributed by atoms with van der Waals surface area (Å²) in [6, 6.07) is 6.05. The number of nitrogens with two attached hydrogens (primary N) is 1. The minimum absolute atomic E-state index is 0.0587. The van der Waals surface area contributed by atoms with Crippen molar-refractivity contribution >= 4 is 28.4 Å². The molecule has 130 valence electrons. The van der Waals surface area contributed by atoms with Crippen molar-refractivity contribution in [1.82, 2.24) is 19.3 Å². The van der Waals surface area contributed by atoms with E-state index in [9.17, 15) is 4.79 Å². The second-order valence-corrected chi connectivity index (χ2v) is 6.63. The van der Waals surface area contributed by atoms with Gasteiger partial charge >= 0.3 is 0 Å². The van der Waals surface area contributed by atoms with Gasteiger partial charge in [0, 0.05) is 23.7 Å². The van der Waals surface area contributed by atoms with Gasteiger partial charge < -0.3 is 15.4 Å². The summed E-state index contributed by atoms with van der Waals surface area (Å²) in [4.78, 5) is 23.9. The number of ether oxygens (including phenoxy) is 1. The number of benzene rings is 1. The Labute approximate surface area is 145 Å². The molecule has 3 aromatic rings. The molecule has 1 aromatic carbocycles. The number of nitrogen functional groups attached to an aromatic ring is 1. The molecule has 1 fully saturated rings. The van der Waals surface area contributed by atoms with E-state index in [1.807, 2.05) is 23.1 Å². The van der Waals surface area contributed by atoms with Crippen LogP contribution in [-0.2, 0) is 0 Å². The molecular formula is C18H21N5O2. The predicted molar refractivity (Wildman–Crippen MR) is 95.8 cm³/mol. The highest BCUT2D eigenvalue weighted by atomic mass is 16.5. The molecule has 2 unspecified atom stereocenters. The maximum absolute atomic E-state index is 13.0. The summed E-state index contributed by atoms with van der Waals surface area (Å²) >= 11 is 0. The van der Waals surface area contributed by atoms with Crippen molar-refractivity contribution in [2.24, 2.45) is 0 Å². The monoisotopic (exact) mass is 339 g/mol. The van der Waals surface area contributed by atoms with Gasteiger partial charge in [-0.1, -0.05) is 6.07 Å². The van der Waals surface area contributed by atoms with Gasteiger partial charge in [0.25, 0.3) is 5.91 Å². The van der Waals surface area contributed by atoms with Gasteiger partial charge in [0.2, 0.25) is 5.95 Å². The van der Waals surface area contributed by atoms with Crippen molar-refractivity contribution in [3.05, 3.63) is 30.1 Å².